The highest BCUT2D eigenvalue weighted by molar-refractivity contribution is 5.44. The molecule has 0 aromatic heterocycles. The minimum absolute atomic E-state index is 0.487. The fourth-order valence-corrected chi connectivity index (χ4v) is 2.89. The number of hydrogen-bond acceptors (Lipinski definition) is 4. The van der Waals surface area contributed by atoms with Gasteiger partial charge in [0.25, 0.3) is 0 Å². The Labute approximate surface area is 144 Å². The van der Waals surface area contributed by atoms with E-state index in [9.17, 15) is 0 Å². The molecule has 0 aliphatic carbocycles. The van der Waals surface area contributed by atoms with E-state index >= 15 is 0 Å². The van der Waals surface area contributed by atoms with Crippen LogP contribution in [0.1, 0.15) is 18.1 Å². The van der Waals surface area contributed by atoms with Gasteiger partial charge in [0.2, 0.25) is 0 Å². The van der Waals surface area contributed by atoms with E-state index in [4.69, 9.17) is 18.9 Å². The molecule has 0 atom stereocenters. The maximum atomic E-state index is 5.38. The molecule has 0 bridgehead atoms. The van der Waals surface area contributed by atoms with Gasteiger partial charge in [0.05, 0.1) is 28.4 Å². The lowest BCUT2D eigenvalue weighted by molar-refractivity contribution is 0.354. The third-order valence-electron chi connectivity index (χ3n) is 4.06. The van der Waals surface area contributed by atoms with Crippen LogP contribution in [0.15, 0.2) is 36.4 Å². The Hall–Kier alpha value is -2.36. The molecule has 4 heteroatoms. The molecule has 4 nitrogen and oxygen atoms in total. The predicted molar refractivity (Wildman–Crippen MR) is 95.7 cm³/mol. The molecule has 0 amide bonds. The Balaban J connectivity index is 2.06. The first-order chi connectivity index (χ1) is 11.6. The standard InChI is InChI=1S/C20H26O4/c1-14(10-15-6-8-17(21-2)19(12-15)23-4)11-16-7-9-18(22-3)20(13-16)24-5/h6-9,12-14H,10-11H2,1-5H3. The molecule has 0 aliphatic rings. The van der Waals surface area contributed by atoms with E-state index in [2.05, 4.69) is 19.1 Å². The average molecular weight is 330 g/mol. The molecule has 0 spiro atoms. The molecule has 24 heavy (non-hydrogen) atoms. The molecule has 0 saturated carbocycles. The largest absolute Gasteiger partial charge is 0.493 e. The monoisotopic (exact) mass is 330 g/mol. The smallest absolute Gasteiger partial charge is 0.160 e. The molecule has 2 rings (SSSR count). The summed E-state index contributed by atoms with van der Waals surface area (Å²) in [5.74, 6) is 3.55. The van der Waals surface area contributed by atoms with Crippen molar-refractivity contribution in [3.05, 3.63) is 47.5 Å². The third-order valence-corrected chi connectivity index (χ3v) is 4.06. The highest BCUT2D eigenvalue weighted by Crippen LogP contribution is 2.30. The van der Waals surface area contributed by atoms with Crippen molar-refractivity contribution in [2.24, 2.45) is 5.92 Å². The number of rotatable bonds is 8. The molecule has 130 valence electrons. The van der Waals surface area contributed by atoms with Crippen LogP contribution in [0.4, 0.5) is 0 Å². The topological polar surface area (TPSA) is 36.9 Å². The molecule has 0 saturated heterocycles. The van der Waals surface area contributed by atoms with Gasteiger partial charge in [-0.2, -0.15) is 0 Å². The Morgan fingerprint density at radius 3 is 1.33 bits per heavy atom. The summed E-state index contributed by atoms with van der Waals surface area (Å²) in [5.41, 5.74) is 2.47. The normalized spacial score (nSPS) is 10.6. The fourth-order valence-electron chi connectivity index (χ4n) is 2.89. The van der Waals surface area contributed by atoms with Crippen molar-refractivity contribution < 1.29 is 18.9 Å². The van der Waals surface area contributed by atoms with Crippen LogP contribution in [0, 0.1) is 5.92 Å². The summed E-state index contributed by atoms with van der Waals surface area (Å²) in [6.45, 7) is 2.24. The third kappa shape index (κ3) is 4.34. The number of ether oxygens (including phenoxy) is 4. The van der Waals surface area contributed by atoms with Crippen molar-refractivity contribution in [3.63, 3.8) is 0 Å². The first-order valence-electron chi connectivity index (χ1n) is 8.03. The summed E-state index contributed by atoms with van der Waals surface area (Å²) in [4.78, 5) is 0. The molecule has 0 radical (unpaired) electrons. The van der Waals surface area contributed by atoms with Gasteiger partial charge in [0.1, 0.15) is 0 Å². The quantitative estimate of drug-likeness (QED) is 0.729. The SMILES string of the molecule is COc1ccc(CC(C)Cc2ccc(OC)c(OC)c2)cc1OC. The second-order valence-corrected chi connectivity index (χ2v) is 5.89. The summed E-state index contributed by atoms with van der Waals surface area (Å²) in [7, 11) is 6.62. The average Bonchev–Trinajstić information content (AvgIpc) is 2.61. The lowest BCUT2D eigenvalue weighted by atomic mass is 9.94. The number of hydrogen-bond donors (Lipinski definition) is 0. The summed E-state index contributed by atoms with van der Waals surface area (Å²) in [5, 5.41) is 0. The maximum absolute atomic E-state index is 5.38. The van der Waals surface area contributed by atoms with Gasteiger partial charge < -0.3 is 18.9 Å². The molecule has 2 aromatic carbocycles. The fraction of sp³-hybridized carbons (Fsp3) is 0.400. The van der Waals surface area contributed by atoms with Gasteiger partial charge in [-0.05, 0) is 54.2 Å². The van der Waals surface area contributed by atoms with Gasteiger partial charge in [-0.1, -0.05) is 19.1 Å². The van der Waals surface area contributed by atoms with Crippen LogP contribution in [0.5, 0.6) is 23.0 Å². The van der Waals surface area contributed by atoms with E-state index in [1.54, 1.807) is 28.4 Å². The van der Waals surface area contributed by atoms with Crippen molar-refractivity contribution in [1.29, 1.82) is 0 Å². The van der Waals surface area contributed by atoms with Crippen LogP contribution in [0.3, 0.4) is 0 Å². The highest BCUT2D eigenvalue weighted by atomic mass is 16.5. The summed E-state index contributed by atoms with van der Waals surface area (Å²) in [6.07, 6.45) is 1.93. The number of benzene rings is 2. The molecule has 0 fully saturated rings. The Morgan fingerprint density at radius 1 is 0.625 bits per heavy atom. The second kappa shape index (κ2) is 8.48. The van der Waals surface area contributed by atoms with Gasteiger partial charge in [0.15, 0.2) is 23.0 Å². The van der Waals surface area contributed by atoms with Gasteiger partial charge >= 0.3 is 0 Å². The maximum Gasteiger partial charge on any atom is 0.160 e. The Morgan fingerprint density at radius 2 is 1.00 bits per heavy atom. The van der Waals surface area contributed by atoms with Crippen LogP contribution >= 0.6 is 0 Å². The van der Waals surface area contributed by atoms with Gasteiger partial charge in [-0.25, -0.2) is 0 Å². The van der Waals surface area contributed by atoms with Gasteiger partial charge in [0, 0.05) is 0 Å². The summed E-state index contributed by atoms with van der Waals surface area (Å²) >= 11 is 0. The molecule has 0 N–H and O–H groups in total. The van der Waals surface area contributed by atoms with Gasteiger partial charge in [-0.3, -0.25) is 0 Å². The Kier molecular flexibility index (Phi) is 6.36. The molecule has 0 aliphatic heterocycles. The van der Waals surface area contributed by atoms with Crippen LogP contribution in [0.25, 0.3) is 0 Å². The number of methoxy groups -OCH3 is 4. The lowest BCUT2D eigenvalue weighted by Gasteiger charge is -2.15. The van der Waals surface area contributed by atoms with E-state index in [1.165, 1.54) is 11.1 Å². The summed E-state index contributed by atoms with van der Waals surface area (Å²) < 4.78 is 21.3. The first kappa shape index (κ1) is 18.0. The van der Waals surface area contributed by atoms with Crippen LogP contribution in [-0.2, 0) is 12.8 Å². The van der Waals surface area contributed by atoms with E-state index in [-0.39, 0.29) is 0 Å². The zero-order valence-corrected chi connectivity index (χ0v) is 15.1. The second-order valence-electron chi connectivity index (χ2n) is 5.89. The summed E-state index contributed by atoms with van der Waals surface area (Å²) in [6, 6.07) is 12.2. The highest BCUT2D eigenvalue weighted by Gasteiger charge is 2.11. The van der Waals surface area contributed by atoms with E-state index < -0.39 is 0 Å². The van der Waals surface area contributed by atoms with Crippen molar-refractivity contribution in [1.82, 2.24) is 0 Å². The van der Waals surface area contributed by atoms with Crippen molar-refractivity contribution in [3.8, 4) is 23.0 Å². The molecule has 0 unspecified atom stereocenters. The Bertz CT molecular complexity index is 609. The molecule has 0 heterocycles. The van der Waals surface area contributed by atoms with E-state index in [0.717, 1.165) is 35.8 Å². The predicted octanol–water partition coefficient (Wildman–Crippen LogP) is 4.14. The zero-order valence-electron chi connectivity index (χ0n) is 15.1. The van der Waals surface area contributed by atoms with Crippen molar-refractivity contribution >= 4 is 0 Å². The zero-order chi connectivity index (χ0) is 17.5. The van der Waals surface area contributed by atoms with E-state index in [0.29, 0.717) is 5.92 Å². The van der Waals surface area contributed by atoms with Crippen molar-refractivity contribution in [2.75, 3.05) is 28.4 Å². The first-order valence-corrected chi connectivity index (χ1v) is 8.03. The minimum Gasteiger partial charge on any atom is -0.493 e. The van der Waals surface area contributed by atoms with Crippen LogP contribution in [0.2, 0.25) is 0 Å². The lowest BCUT2D eigenvalue weighted by Crippen LogP contribution is -2.05. The minimum atomic E-state index is 0.487. The van der Waals surface area contributed by atoms with Crippen LogP contribution in [-0.4, -0.2) is 28.4 Å². The van der Waals surface area contributed by atoms with Gasteiger partial charge in [-0.15, -0.1) is 0 Å². The van der Waals surface area contributed by atoms with Crippen LogP contribution < -0.4 is 18.9 Å². The molecule has 2 aromatic rings. The van der Waals surface area contributed by atoms with E-state index in [1.807, 2.05) is 24.3 Å². The molecular formula is C20H26O4. The van der Waals surface area contributed by atoms with Crippen molar-refractivity contribution in [2.45, 2.75) is 19.8 Å². The molecular weight excluding hydrogens is 304 g/mol.